The lowest BCUT2D eigenvalue weighted by molar-refractivity contribution is 0.0937. The van der Waals surface area contributed by atoms with Gasteiger partial charge in [0.2, 0.25) is 0 Å². The number of hydrogen-bond donors (Lipinski definition) is 2. The Kier molecular flexibility index (Phi) is 5.08. The van der Waals surface area contributed by atoms with Crippen molar-refractivity contribution in [2.24, 2.45) is 0 Å². The molecule has 0 atom stereocenters. The van der Waals surface area contributed by atoms with Crippen LogP contribution in [0.15, 0.2) is 41.6 Å². The van der Waals surface area contributed by atoms with Crippen molar-refractivity contribution in [3.05, 3.63) is 42.2 Å². The summed E-state index contributed by atoms with van der Waals surface area (Å²) in [5.74, 6) is 0.647. The third kappa shape index (κ3) is 4.04. The number of aromatic nitrogens is 1. The minimum atomic E-state index is -3.87. The zero-order valence-electron chi connectivity index (χ0n) is 15.2. The molecular formula is C19H21N3O5S. The van der Waals surface area contributed by atoms with Crippen LogP contribution in [0.1, 0.15) is 36.0 Å². The van der Waals surface area contributed by atoms with Crippen LogP contribution in [0, 0.1) is 0 Å². The number of fused-ring (bicyclic) bond motifs is 1. The number of nitrogens with zero attached hydrogens (tertiary/aromatic N) is 1. The second-order valence-electron chi connectivity index (χ2n) is 6.83. The summed E-state index contributed by atoms with van der Waals surface area (Å²) in [6.07, 6.45) is 6.94. The summed E-state index contributed by atoms with van der Waals surface area (Å²) in [4.78, 5) is 16.4. The van der Waals surface area contributed by atoms with E-state index in [1.165, 1.54) is 30.6 Å². The van der Waals surface area contributed by atoms with E-state index < -0.39 is 10.0 Å². The van der Waals surface area contributed by atoms with E-state index >= 15 is 0 Å². The van der Waals surface area contributed by atoms with Crippen LogP contribution in [0.2, 0.25) is 0 Å². The van der Waals surface area contributed by atoms with Crippen LogP contribution in [0.5, 0.6) is 11.5 Å². The number of anilines is 1. The van der Waals surface area contributed by atoms with Gasteiger partial charge in [0.25, 0.3) is 15.9 Å². The average Bonchev–Trinajstić information content (AvgIpc) is 3.20. The molecule has 4 rings (SSSR count). The molecule has 148 valence electrons. The highest BCUT2D eigenvalue weighted by atomic mass is 32.2. The number of sulfonamides is 1. The molecule has 1 aliphatic heterocycles. The summed E-state index contributed by atoms with van der Waals surface area (Å²) in [5.41, 5.74) is 0.531. The van der Waals surface area contributed by atoms with Gasteiger partial charge in [0, 0.05) is 18.3 Å². The summed E-state index contributed by atoms with van der Waals surface area (Å²) in [7, 11) is -3.87. The number of nitrogens with one attached hydrogen (secondary N) is 2. The molecule has 2 heterocycles. The van der Waals surface area contributed by atoms with Crippen LogP contribution in [0.4, 0.5) is 5.69 Å². The van der Waals surface area contributed by atoms with Gasteiger partial charge in [0.1, 0.15) is 13.2 Å². The highest BCUT2D eigenvalue weighted by molar-refractivity contribution is 7.92. The number of ether oxygens (including phenoxy) is 2. The van der Waals surface area contributed by atoms with E-state index in [4.69, 9.17) is 9.47 Å². The summed E-state index contributed by atoms with van der Waals surface area (Å²) >= 11 is 0. The van der Waals surface area contributed by atoms with E-state index in [1.807, 2.05) is 0 Å². The van der Waals surface area contributed by atoms with Crippen LogP contribution in [0.25, 0.3) is 0 Å². The SMILES string of the molecule is O=C(NC1CCCC1)c1cncc(NS(=O)(=O)c2ccc3c(c2)OCCO3)c1. The van der Waals surface area contributed by atoms with Gasteiger partial charge in [-0.25, -0.2) is 8.42 Å². The standard InChI is InChI=1S/C19H21N3O5S/c23-19(21-14-3-1-2-4-14)13-9-15(12-20-11-13)22-28(24,25)16-5-6-17-18(10-16)27-8-7-26-17/h5-6,9-12,14,22H,1-4,7-8H2,(H,21,23). The molecule has 2 aliphatic rings. The first kappa shape index (κ1) is 18.5. The minimum Gasteiger partial charge on any atom is -0.486 e. The van der Waals surface area contributed by atoms with Crippen molar-refractivity contribution in [3.63, 3.8) is 0 Å². The predicted molar refractivity (Wildman–Crippen MR) is 102 cm³/mol. The lowest BCUT2D eigenvalue weighted by Gasteiger charge is -2.19. The fourth-order valence-electron chi connectivity index (χ4n) is 3.36. The Labute approximate surface area is 163 Å². The molecule has 0 unspecified atom stereocenters. The van der Waals surface area contributed by atoms with Crippen molar-refractivity contribution in [1.82, 2.24) is 10.3 Å². The molecule has 0 bridgehead atoms. The first-order valence-electron chi connectivity index (χ1n) is 9.20. The van der Waals surface area contributed by atoms with Gasteiger partial charge >= 0.3 is 0 Å². The van der Waals surface area contributed by atoms with Gasteiger partial charge in [0.15, 0.2) is 11.5 Å². The van der Waals surface area contributed by atoms with Crippen LogP contribution in [-0.4, -0.2) is 38.6 Å². The lowest BCUT2D eigenvalue weighted by atomic mass is 10.2. The van der Waals surface area contributed by atoms with Crippen LogP contribution < -0.4 is 19.5 Å². The van der Waals surface area contributed by atoms with Crippen molar-refractivity contribution < 1.29 is 22.7 Å². The van der Waals surface area contributed by atoms with Gasteiger partial charge < -0.3 is 14.8 Å². The maximum atomic E-state index is 12.7. The molecule has 1 aliphatic carbocycles. The van der Waals surface area contributed by atoms with Gasteiger partial charge in [0.05, 0.1) is 22.3 Å². The van der Waals surface area contributed by atoms with Crippen LogP contribution in [0.3, 0.4) is 0 Å². The van der Waals surface area contributed by atoms with Gasteiger partial charge in [-0.05, 0) is 31.0 Å². The zero-order chi connectivity index (χ0) is 19.6. The Morgan fingerprint density at radius 2 is 1.79 bits per heavy atom. The van der Waals surface area contributed by atoms with E-state index in [0.29, 0.717) is 30.3 Å². The molecule has 1 saturated carbocycles. The summed E-state index contributed by atoms with van der Waals surface area (Å²) in [6.45, 7) is 0.796. The van der Waals surface area contributed by atoms with Crippen molar-refractivity contribution in [2.75, 3.05) is 17.9 Å². The number of carbonyl (C=O) groups excluding carboxylic acids is 1. The summed E-state index contributed by atoms with van der Waals surface area (Å²) in [5, 5.41) is 2.96. The molecule has 1 aromatic heterocycles. The Bertz CT molecular complexity index is 987. The van der Waals surface area contributed by atoms with Crippen molar-refractivity contribution in [3.8, 4) is 11.5 Å². The van der Waals surface area contributed by atoms with Gasteiger partial charge in [-0.2, -0.15) is 0 Å². The highest BCUT2D eigenvalue weighted by Gasteiger charge is 2.21. The topological polar surface area (TPSA) is 107 Å². The Morgan fingerprint density at radius 3 is 2.57 bits per heavy atom. The predicted octanol–water partition coefficient (Wildman–Crippen LogP) is 2.33. The number of carbonyl (C=O) groups is 1. The molecule has 2 N–H and O–H groups in total. The van der Waals surface area contributed by atoms with Crippen LogP contribution >= 0.6 is 0 Å². The first-order valence-corrected chi connectivity index (χ1v) is 10.7. The quantitative estimate of drug-likeness (QED) is 0.794. The third-order valence-corrected chi connectivity index (χ3v) is 6.15. The second kappa shape index (κ2) is 7.67. The summed E-state index contributed by atoms with van der Waals surface area (Å²) in [6, 6.07) is 6.08. The largest absolute Gasteiger partial charge is 0.486 e. The molecule has 9 heteroatoms. The molecule has 0 saturated heterocycles. The molecule has 2 aromatic rings. The van der Waals surface area contributed by atoms with E-state index in [9.17, 15) is 13.2 Å². The number of amides is 1. The number of pyridine rings is 1. The molecule has 1 amide bonds. The van der Waals surface area contributed by atoms with E-state index in [2.05, 4.69) is 15.0 Å². The van der Waals surface area contributed by atoms with E-state index in [1.54, 1.807) is 6.07 Å². The molecule has 1 fully saturated rings. The molecular weight excluding hydrogens is 382 g/mol. The van der Waals surface area contributed by atoms with Crippen molar-refractivity contribution >= 4 is 21.6 Å². The normalized spacial score (nSPS) is 16.6. The van der Waals surface area contributed by atoms with E-state index in [-0.39, 0.29) is 22.5 Å². The first-order chi connectivity index (χ1) is 13.5. The maximum absolute atomic E-state index is 12.7. The van der Waals surface area contributed by atoms with Gasteiger partial charge in [-0.1, -0.05) is 12.8 Å². The molecule has 0 spiro atoms. The van der Waals surface area contributed by atoms with Crippen molar-refractivity contribution in [1.29, 1.82) is 0 Å². The van der Waals surface area contributed by atoms with Crippen molar-refractivity contribution in [2.45, 2.75) is 36.6 Å². The zero-order valence-corrected chi connectivity index (χ0v) is 16.0. The van der Waals surface area contributed by atoms with Crippen LogP contribution in [-0.2, 0) is 10.0 Å². The van der Waals surface area contributed by atoms with E-state index in [0.717, 1.165) is 25.7 Å². The molecule has 1 aromatic carbocycles. The highest BCUT2D eigenvalue weighted by Crippen LogP contribution is 2.32. The number of benzene rings is 1. The molecule has 0 radical (unpaired) electrons. The Hall–Kier alpha value is -2.81. The Balaban J connectivity index is 1.51. The Morgan fingerprint density at radius 1 is 1.04 bits per heavy atom. The fourth-order valence-corrected chi connectivity index (χ4v) is 4.41. The molecule has 28 heavy (non-hydrogen) atoms. The summed E-state index contributed by atoms with van der Waals surface area (Å²) < 4.78 is 38.7. The monoisotopic (exact) mass is 403 g/mol. The fraction of sp³-hybridized carbons (Fsp3) is 0.368. The van der Waals surface area contributed by atoms with Gasteiger partial charge in [-0.15, -0.1) is 0 Å². The smallest absolute Gasteiger partial charge is 0.262 e. The average molecular weight is 403 g/mol. The lowest BCUT2D eigenvalue weighted by Crippen LogP contribution is -2.32. The second-order valence-corrected chi connectivity index (χ2v) is 8.51. The molecule has 8 nitrogen and oxygen atoms in total. The minimum absolute atomic E-state index is 0.0394. The van der Waals surface area contributed by atoms with Gasteiger partial charge in [-0.3, -0.25) is 14.5 Å². The maximum Gasteiger partial charge on any atom is 0.262 e. The number of hydrogen-bond acceptors (Lipinski definition) is 6. The number of rotatable bonds is 5. The third-order valence-electron chi connectivity index (χ3n) is 4.77.